The molecule has 0 aromatic heterocycles. The van der Waals surface area contributed by atoms with E-state index >= 15 is 0 Å². The lowest BCUT2D eigenvalue weighted by molar-refractivity contribution is -0.147. The fourth-order valence-electron chi connectivity index (χ4n) is 3.33. The standard InChI is InChI=1S/C17H21N3O4/c1-3-12-17(23)20-9-10(8-13(20)16(22)19-12)18-15(21)11-6-4-5-7-14(11)24-2/h4-7,10,12-13H,3,8-9H2,1-2H3,(H,18,21)(H,19,22)/t10-,12-,13-/m0/s1. The van der Waals surface area contributed by atoms with Crippen molar-refractivity contribution in [1.29, 1.82) is 0 Å². The number of carbonyl (C=O) groups is 3. The van der Waals surface area contributed by atoms with Crippen LogP contribution < -0.4 is 15.4 Å². The topological polar surface area (TPSA) is 87.7 Å². The van der Waals surface area contributed by atoms with Crippen molar-refractivity contribution in [2.24, 2.45) is 0 Å². The normalized spacial score (nSPS) is 25.9. The number of nitrogens with zero attached hydrogens (tertiary/aromatic N) is 1. The third kappa shape index (κ3) is 2.81. The van der Waals surface area contributed by atoms with Crippen LogP contribution in [0.4, 0.5) is 0 Å². The van der Waals surface area contributed by atoms with E-state index in [9.17, 15) is 14.4 Å². The smallest absolute Gasteiger partial charge is 0.255 e. The summed E-state index contributed by atoms with van der Waals surface area (Å²) in [5.41, 5.74) is 0.437. The summed E-state index contributed by atoms with van der Waals surface area (Å²) in [6.07, 6.45) is 0.987. The van der Waals surface area contributed by atoms with Gasteiger partial charge in [-0.1, -0.05) is 19.1 Å². The molecule has 3 amide bonds. The van der Waals surface area contributed by atoms with Gasteiger partial charge in [-0.2, -0.15) is 0 Å². The van der Waals surface area contributed by atoms with Crippen molar-refractivity contribution >= 4 is 17.7 Å². The van der Waals surface area contributed by atoms with Crippen molar-refractivity contribution in [3.05, 3.63) is 29.8 Å². The molecule has 2 saturated heterocycles. The van der Waals surface area contributed by atoms with Gasteiger partial charge in [0, 0.05) is 12.6 Å². The fraction of sp³-hybridized carbons (Fsp3) is 0.471. The Bertz CT molecular complexity index is 676. The quantitative estimate of drug-likeness (QED) is 0.831. The first-order chi connectivity index (χ1) is 11.5. The summed E-state index contributed by atoms with van der Waals surface area (Å²) in [6.45, 7) is 2.22. The summed E-state index contributed by atoms with van der Waals surface area (Å²) in [4.78, 5) is 38.6. The summed E-state index contributed by atoms with van der Waals surface area (Å²) in [6, 6.07) is 5.74. The highest BCUT2D eigenvalue weighted by Crippen LogP contribution is 2.24. The van der Waals surface area contributed by atoms with E-state index in [0.29, 0.717) is 30.7 Å². The minimum Gasteiger partial charge on any atom is -0.496 e. The molecule has 3 atom stereocenters. The average molecular weight is 331 g/mol. The molecule has 2 aliphatic heterocycles. The molecule has 2 heterocycles. The Hall–Kier alpha value is -2.57. The summed E-state index contributed by atoms with van der Waals surface area (Å²) < 4.78 is 5.20. The lowest BCUT2D eigenvalue weighted by Gasteiger charge is -2.33. The first kappa shape index (κ1) is 16.3. The number of rotatable bonds is 4. The van der Waals surface area contributed by atoms with Gasteiger partial charge in [-0.25, -0.2) is 0 Å². The van der Waals surface area contributed by atoms with Gasteiger partial charge >= 0.3 is 0 Å². The number of hydrogen-bond donors (Lipinski definition) is 2. The number of nitrogens with one attached hydrogen (secondary N) is 2. The fourth-order valence-corrected chi connectivity index (χ4v) is 3.33. The molecular weight excluding hydrogens is 310 g/mol. The SMILES string of the molecule is CC[C@@H]1NC(=O)[C@@H]2C[C@H](NC(=O)c3ccccc3OC)CN2C1=O. The van der Waals surface area contributed by atoms with Crippen LogP contribution >= 0.6 is 0 Å². The Morgan fingerprint density at radius 1 is 1.38 bits per heavy atom. The second-order valence-electron chi connectivity index (χ2n) is 6.08. The molecule has 7 nitrogen and oxygen atoms in total. The summed E-state index contributed by atoms with van der Waals surface area (Å²) in [5.74, 6) is 0.00872. The number of ether oxygens (including phenoxy) is 1. The van der Waals surface area contributed by atoms with Gasteiger partial charge in [0.15, 0.2) is 0 Å². The van der Waals surface area contributed by atoms with Crippen LogP contribution in [0.15, 0.2) is 24.3 Å². The maximum atomic E-state index is 12.5. The predicted octanol–water partition coefficient (Wildman–Crippen LogP) is 0.303. The van der Waals surface area contributed by atoms with E-state index in [0.717, 1.165) is 0 Å². The second-order valence-corrected chi connectivity index (χ2v) is 6.08. The first-order valence-electron chi connectivity index (χ1n) is 8.09. The van der Waals surface area contributed by atoms with E-state index in [2.05, 4.69) is 10.6 Å². The second kappa shape index (κ2) is 6.51. The van der Waals surface area contributed by atoms with E-state index in [4.69, 9.17) is 4.74 Å². The molecule has 24 heavy (non-hydrogen) atoms. The zero-order valence-electron chi connectivity index (χ0n) is 13.7. The molecule has 0 saturated carbocycles. The van der Waals surface area contributed by atoms with Crippen LogP contribution in [-0.4, -0.2) is 54.4 Å². The van der Waals surface area contributed by atoms with E-state index in [-0.39, 0.29) is 23.8 Å². The number of piperazine rings is 1. The van der Waals surface area contributed by atoms with Gasteiger partial charge in [-0.05, 0) is 25.0 Å². The number of hydrogen-bond acceptors (Lipinski definition) is 4. The van der Waals surface area contributed by atoms with Crippen LogP contribution in [0.5, 0.6) is 5.75 Å². The van der Waals surface area contributed by atoms with E-state index in [1.165, 1.54) is 7.11 Å². The van der Waals surface area contributed by atoms with Crippen LogP contribution in [0.3, 0.4) is 0 Å². The Morgan fingerprint density at radius 2 is 2.12 bits per heavy atom. The van der Waals surface area contributed by atoms with Crippen LogP contribution in [-0.2, 0) is 9.59 Å². The highest BCUT2D eigenvalue weighted by molar-refractivity contribution is 5.99. The van der Waals surface area contributed by atoms with Crippen molar-refractivity contribution in [1.82, 2.24) is 15.5 Å². The summed E-state index contributed by atoms with van der Waals surface area (Å²) in [7, 11) is 1.51. The number of benzene rings is 1. The first-order valence-corrected chi connectivity index (χ1v) is 8.09. The van der Waals surface area contributed by atoms with Gasteiger partial charge in [-0.3, -0.25) is 14.4 Å². The Morgan fingerprint density at radius 3 is 2.83 bits per heavy atom. The van der Waals surface area contributed by atoms with Crippen molar-refractivity contribution in [2.45, 2.75) is 37.9 Å². The number of fused-ring (bicyclic) bond motifs is 1. The van der Waals surface area contributed by atoms with Crippen molar-refractivity contribution in [2.75, 3.05) is 13.7 Å². The van der Waals surface area contributed by atoms with Gasteiger partial charge < -0.3 is 20.3 Å². The van der Waals surface area contributed by atoms with Gasteiger partial charge in [0.05, 0.1) is 12.7 Å². The summed E-state index contributed by atoms with van der Waals surface area (Å²) >= 11 is 0. The summed E-state index contributed by atoms with van der Waals surface area (Å²) in [5, 5.41) is 5.66. The van der Waals surface area contributed by atoms with E-state index < -0.39 is 12.1 Å². The Balaban J connectivity index is 1.71. The van der Waals surface area contributed by atoms with Crippen molar-refractivity contribution < 1.29 is 19.1 Å². The lowest BCUT2D eigenvalue weighted by Crippen LogP contribution is -2.60. The molecule has 7 heteroatoms. The predicted molar refractivity (Wildman–Crippen MR) is 86.6 cm³/mol. The molecule has 1 aromatic carbocycles. The molecule has 3 rings (SSSR count). The minimum absolute atomic E-state index is 0.0730. The number of para-hydroxylation sites is 1. The molecular formula is C17H21N3O4. The van der Waals surface area contributed by atoms with Crippen molar-refractivity contribution in [3.63, 3.8) is 0 Å². The highest BCUT2D eigenvalue weighted by atomic mass is 16.5. The zero-order chi connectivity index (χ0) is 17.3. The largest absolute Gasteiger partial charge is 0.496 e. The molecule has 0 bridgehead atoms. The molecule has 0 radical (unpaired) electrons. The average Bonchev–Trinajstić information content (AvgIpc) is 3.02. The van der Waals surface area contributed by atoms with Gasteiger partial charge in [0.2, 0.25) is 11.8 Å². The van der Waals surface area contributed by atoms with Crippen LogP contribution in [0.2, 0.25) is 0 Å². The van der Waals surface area contributed by atoms with Crippen LogP contribution in [0.1, 0.15) is 30.1 Å². The van der Waals surface area contributed by atoms with Gasteiger partial charge in [-0.15, -0.1) is 0 Å². The molecule has 2 fully saturated rings. The molecule has 2 N–H and O–H groups in total. The van der Waals surface area contributed by atoms with Gasteiger partial charge in [0.25, 0.3) is 5.91 Å². The maximum Gasteiger partial charge on any atom is 0.255 e. The molecule has 1 aromatic rings. The Kier molecular flexibility index (Phi) is 4.42. The zero-order valence-corrected chi connectivity index (χ0v) is 13.7. The number of amides is 3. The number of carbonyl (C=O) groups excluding carboxylic acids is 3. The minimum atomic E-state index is -0.497. The molecule has 0 unspecified atom stereocenters. The highest BCUT2D eigenvalue weighted by Gasteiger charge is 2.46. The monoisotopic (exact) mass is 331 g/mol. The Labute approximate surface area is 140 Å². The number of methoxy groups -OCH3 is 1. The third-order valence-electron chi connectivity index (χ3n) is 4.60. The van der Waals surface area contributed by atoms with Crippen LogP contribution in [0.25, 0.3) is 0 Å². The van der Waals surface area contributed by atoms with E-state index in [1.807, 2.05) is 6.92 Å². The maximum absolute atomic E-state index is 12.5. The third-order valence-corrected chi connectivity index (χ3v) is 4.60. The van der Waals surface area contributed by atoms with E-state index in [1.54, 1.807) is 29.2 Å². The van der Waals surface area contributed by atoms with Crippen LogP contribution in [0, 0.1) is 0 Å². The lowest BCUT2D eigenvalue weighted by atomic mass is 10.1. The molecule has 0 spiro atoms. The van der Waals surface area contributed by atoms with Gasteiger partial charge in [0.1, 0.15) is 17.8 Å². The molecule has 2 aliphatic rings. The molecule has 0 aliphatic carbocycles. The molecule has 128 valence electrons. The van der Waals surface area contributed by atoms with Crippen molar-refractivity contribution in [3.8, 4) is 5.75 Å².